The second-order valence-corrected chi connectivity index (χ2v) is 5.26. The minimum absolute atomic E-state index is 0.460. The maximum Gasteiger partial charge on any atom is 0.0534 e. The van der Waals surface area contributed by atoms with Crippen molar-refractivity contribution in [2.45, 2.75) is 25.7 Å². The van der Waals surface area contributed by atoms with Gasteiger partial charge in [0, 0.05) is 38.7 Å². The molecular weight excluding hydrogens is 188 g/mol. The maximum atomic E-state index is 5.64. The van der Waals surface area contributed by atoms with Crippen LogP contribution >= 0.6 is 0 Å². The normalized spacial score (nSPS) is 36.8. The van der Waals surface area contributed by atoms with E-state index in [0.29, 0.717) is 5.41 Å². The molecule has 2 fully saturated rings. The molecule has 1 aliphatic heterocycles. The largest absolute Gasteiger partial charge is 0.384 e. The van der Waals surface area contributed by atoms with Crippen molar-refractivity contribution in [2.75, 3.05) is 39.9 Å². The molecule has 0 aromatic rings. The predicted octanol–water partition coefficient (Wildman–Crippen LogP) is 1.08. The van der Waals surface area contributed by atoms with Gasteiger partial charge in [0.05, 0.1) is 6.61 Å². The molecule has 0 aromatic heterocycles. The highest BCUT2D eigenvalue weighted by molar-refractivity contribution is 4.98. The number of nitrogens with zero attached hydrogens (tertiary/aromatic N) is 1. The molecule has 0 aromatic carbocycles. The molecule has 0 amide bonds. The summed E-state index contributed by atoms with van der Waals surface area (Å²) >= 11 is 0. The van der Waals surface area contributed by atoms with Gasteiger partial charge >= 0.3 is 0 Å². The van der Waals surface area contributed by atoms with Crippen LogP contribution in [0.3, 0.4) is 0 Å². The van der Waals surface area contributed by atoms with E-state index in [-0.39, 0.29) is 0 Å². The Labute approximate surface area is 93.0 Å². The van der Waals surface area contributed by atoms with Gasteiger partial charge in [-0.2, -0.15) is 0 Å². The third-order valence-corrected chi connectivity index (χ3v) is 4.24. The zero-order valence-corrected chi connectivity index (χ0v) is 9.87. The summed E-state index contributed by atoms with van der Waals surface area (Å²) in [5.74, 6) is 0.859. The van der Waals surface area contributed by atoms with E-state index < -0.39 is 0 Å². The Balaban J connectivity index is 2.02. The van der Waals surface area contributed by atoms with Gasteiger partial charge in [0.15, 0.2) is 0 Å². The third kappa shape index (κ3) is 2.19. The van der Waals surface area contributed by atoms with Gasteiger partial charge in [-0.3, -0.25) is 0 Å². The Morgan fingerprint density at radius 1 is 1.47 bits per heavy atom. The average molecular weight is 212 g/mol. The molecule has 2 atom stereocenters. The van der Waals surface area contributed by atoms with Gasteiger partial charge in [0.2, 0.25) is 0 Å². The Hall–Kier alpha value is -0.120. The monoisotopic (exact) mass is 212 g/mol. The van der Waals surface area contributed by atoms with Crippen LogP contribution < -0.4 is 5.73 Å². The van der Waals surface area contributed by atoms with Crippen molar-refractivity contribution in [3.63, 3.8) is 0 Å². The number of rotatable bonds is 4. The zero-order chi connectivity index (χ0) is 10.7. The van der Waals surface area contributed by atoms with Crippen molar-refractivity contribution < 1.29 is 4.74 Å². The van der Waals surface area contributed by atoms with E-state index in [1.165, 1.54) is 38.8 Å². The lowest BCUT2D eigenvalue weighted by molar-refractivity contribution is 0.0299. The summed E-state index contributed by atoms with van der Waals surface area (Å²) in [7, 11) is 1.84. The topological polar surface area (TPSA) is 38.5 Å². The molecule has 0 unspecified atom stereocenters. The van der Waals surface area contributed by atoms with Crippen LogP contribution in [0.15, 0.2) is 0 Å². The number of methoxy groups -OCH3 is 1. The van der Waals surface area contributed by atoms with Crippen LogP contribution in [0.5, 0.6) is 0 Å². The highest BCUT2D eigenvalue weighted by atomic mass is 16.5. The second kappa shape index (κ2) is 4.81. The molecule has 1 saturated heterocycles. The zero-order valence-electron chi connectivity index (χ0n) is 9.87. The fourth-order valence-corrected chi connectivity index (χ4v) is 3.57. The highest BCUT2D eigenvalue weighted by Crippen LogP contribution is 2.46. The van der Waals surface area contributed by atoms with E-state index in [2.05, 4.69) is 4.90 Å². The molecule has 3 nitrogen and oxygen atoms in total. The number of hydrogen-bond donors (Lipinski definition) is 1. The number of likely N-dealkylation sites (tertiary alicyclic amines) is 1. The number of nitrogens with two attached hydrogens (primary N) is 1. The maximum absolute atomic E-state index is 5.64. The SMILES string of the molecule is COC[C@]12CCCC[C@H]1CN(CCN)C2. The van der Waals surface area contributed by atoms with Gasteiger partial charge in [0.1, 0.15) is 0 Å². The second-order valence-electron chi connectivity index (χ2n) is 5.26. The molecule has 1 heterocycles. The van der Waals surface area contributed by atoms with Gasteiger partial charge in [-0.15, -0.1) is 0 Å². The van der Waals surface area contributed by atoms with Gasteiger partial charge in [0.25, 0.3) is 0 Å². The van der Waals surface area contributed by atoms with Crippen molar-refractivity contribution in [2.24, 2.45) is 17.1 Å². The summed E-state index contributed by atoms with van der Waals surface area (Å²) < 4.78 is 5.45. The fourth-order valence-electron chi connectivity index (χ4n) is 3.57. The first-order valence-electron chi connectivity index (χ1n) is 6.22. The smallest absolute Gasteiger partial charge is 0.0534 e. The van der Waals surface area contributed by atoms with Crippen molar-refractivity contribution in [3.8, 4) is 0 Å². The van der Waals surface area contributed by atoms with Gasteiger partial charge in [-0.25, -0.2) is 0 Å². The molecule has 2 rings (SSSR count). The number of fused-ring (bicyclic) bond motifs is 1. The standard InChI is InChI=1S/C12H24N2O/c1-15-10-12-5-3-2-4-11(12)8-14(9-12)7-6-13/h11H,2-10,13H2,1H3/t11-,12+/m0/s1. The lowest BCUT2D eigenvalue weighted by Crippen LogP contribution is -2.38. The Kier molecular flexibility index (Phi) is 3.65. The summed E-state index contributed by atoms with van der Waals surface area (Å²) in [6.45, 7) is 5.25. The van der Waals surface area contributed by atoms with Crippen LogP contribution in [-0.2, 0) is 4.74 Å². The van der Waals surface area contributed by atoms with Crippen molar-refractivity contribution >= 4 is 0 Å². The van der Waals surface area contributed by atoms with E-state index in [0.717, 1.165) is 25.6 Å². The first-order valence-corrected chi connectivity index (χ1v) is 6.22. The molecule has 1 saturated carbocycles. The highest BCUT2D eigenvalue weighted by Gasteiger charge is 2.47. The minimum Gasteiger partial charge on any atom is -0.384 e. The van der Waals surface area contributed by atoms with Crippen LogP contribution in [0.4, 0.5) is 0 Å². The minimum atomic E-state index is 0.460. The molecule has 0 radical (unpaired) electrons. The van der Waals surface area contributed by atoms with Crippen molar-refractivity contribution in [1.29, 1.82) is 0 Å². The van der Waals surface area contributed by atoms with Crippen LogP contribution in [-0.4, -0.2) is 44.8 Å². The fraction of sp³-hybridized carbons (Fsp3) is 1.00. The summed E-state index contributed by atoms with van der Waals surface area (Å²) in [5, 5.41) is 0. The lowest BCUT2D eigenvalue weighted by atomic mass is 9.69. The Morgan fingerprint density at radius 2 is 2.33 bits per heavy atom. The quantitative estimate of drug-likeness (QED) is 0.758. The van der Waals surface area contributed by atoms with Crippen LogP contribution in [0.2, 0.25) is 0 Å². The Bertz CT molecular complexity index is 206. The summed E-state index contributed by atoms with van der Waals surface area (Å²) in [5.41, 5.74) is 6.10. The first kappa shape index (κ1) is 11.4. The predicted molar refractivity (Wildman–Crippen MR) is 61.8 cm³/mol. The molecule has 88 valence electrons. The summed E-state index contributed by atoms with van der Waals surface area (Å²) in [4.78, 5) is 2.54. The lowest BCUT2D eigenvalue weighted by Gasteiger charge is -2.38. The Morgan fingerprint density at radius 3 is 3.07 bits per heavy atom. The summed E-state index contributed by atoms with van der Waals surface area (Å²) in [6.07, 6.45) is 5.54. The van der Waals surface area contributed by atoms with Crippen LogP contribution in [0.25, 0.3) is 0 Å². The van der Waals surface area contributed by atoms with E-state index in [9.17, 15) is 0 Å². The van der Waals surface area contributed by atoms with E-state index in [1.54, 1.807) is 0 Å². The summed E-state index contributed by atoms with van der Waals surface area (Å²) in [6, 6.07) is 0. The molecule has 1 aliphatic carbocycles. The molecule has 0 spiro atoms. The van der Waals surface area contributed by atoms with E-state index in [1.807, 2.05) is 7.11 Å². The number of ether oxygens (including phenoxy) is 1. The van der Waals surface area contributed by atoms with E-state index >= 15 is 0 Å². The molecule has 2 aliphatic rings. The first-order chi connectivity index (χ1) is 7.30. The van der Waals surface area contributed by atoms with Crippen LogP contribution in [0, 0.1) is 11.3 Å². The van der Waals surface area contributed by atoms with Crippen molar-refractivity contribution in [1.82, 2.24) is 4.90 Å². The molecule has 2 N–H and O–H groups in total. The molecule has 0 bridgehead atoms. The van der Waals surface area contributed by atoms with Crippen molar-refractivity contribution in [3.05, 3.63) is 0 Å². The van der Waals surface area contributed by atoms with Gasteiger partial charge in [-0.1, -0.05) is 12.8 Å². The molecular formula is C12H24N2O. The molecule has 15 heavy (non-hydrogen) atoms. The molecule has 3 heteroatoms. The third-order valence-electron chi connectivity index (χ3n) is 4.24. The van der Waals surface area contributed by atoms with Gasteiger partial charge in [-0.05, 0) is 18.8 Å². The van der Waals surface area contributed by atoms with E-state index in [4.69, 9.17) is 10.5 Å². The number of hydrogen-bond acceptors (Lipinski definition) is 3. The van der Waals surface area contributed by atoms with Crippen LogP contribution in [0.1, 0.15) is 25.7 Å². The average Bonchev–Trinajstić information content (AvgIpc) is 2.56. The van der Waals surface area contributed by atoms with Gasteiger partial charge < -0.3 is 15.4 Å².